The van der Waals surface area contributed by atoms with E-state index in [4.69, 9.17) is 4.74 Å². The Bertz CT molecular complexity index is 1010. The number of aryl methyl sites for hydroxylation is 1. The van der Waals surface area contributed by atoms with E-state index in [1.165, 1.54) is 0 Å². The van der Waals surface area contributed by atoms with E-state index >= 15 is 0 Å². The smallest absolute Gasteiger partial charge is 0.263 e. The number of nitrogens with zero attached hydrogens (tertiary/aromatic N) is 2. The Labute approximate surface area is 163 Å². The van der Waals surface area contributed by atoms with Gasteiger partial charge in [-0.1, -0.05) is 12.1 Å². The number of pyridine rings is 2. The number of hydrogen-bond acceptors (Lipinski definition) is 4. The molecule has 0 bridgehead atoms. The molecule has 1 atom stereocenters. The van der Waals surface area contributed by atoms with Gasteiger partial charge in [0.05, 0.1) is 13.2 Å². The number of aromatic nitrogens is 2. The number of methoxy groups -OCH3 is 1. The molecule has 2 heterocycles. The van der Waals surface area contributed by atoms with Gasteiger partial charge in [-0.15, -0.1) is 0 Å². The lowest BCUT2D eigenvalue weighted by Gasteiger charge is -2.20. The van der Waals surface area contributed by atoms with Crippen LogP contribution in [0.3, 0.4) is 0 Å². The van der Waals surface area contributed by atoms with Crippen LogP contribution in [0.15, 0.2) is 65.7 Å². The highest BCUT2D eigenvalue weighted by Gasteiger charge is 2.20. The molecule has 6 nitrogen and oxygen atoms in total. The summed E-state index contributed by atoms with van der Waals surface area (Å²) < 4.78 is 6.80. The monoisotopic (exact) mass is 377 g/mol. The molecular formula is C22H23N3O3. The third-order valence-corrected chi connectivity index (χ3v) is 4.72. The minimum Gasteiger partial charge on any atom is -0.497 e. The molecule has 3 aromatic rings. The van der Waals surface area contributed by atoms with Gasteiger partial charge in [-0.05, 0) is 61.4 Å². The van der Waals surface area contributed by atoms with Crippen molar-refractivity contribution in [3.05, 3.63) is 93.7 Å². The van der Waals surface area contributed by atoms with E-state index in [2.05, 4.69) is 10.3 Å². The zero-order valence-corrected chi connectivity index (χ0v) is 16.2. The number of ether oxygens (including phenoxy) is 1. The minimum absolute atomic E-state index is 0.125. The first kappa shape index (κ1) is 19.4. The fourth-order valence-corrected chi connectivity index (χ4v) is 3.16. The number of rotatable bonds is 6. The van der Waals surface area contributed by atoms with E-state index < -0.39 is 11.9 Å². The topological polar surface area (TPSA) is 73.2 Å². The zero-order chi connectivity index (χ0) is 20.1. The van der Waals surface area contributed by atoms with Crippen molar-refractivity contribution in [3.8, 4) is 5.75 Å². The molecule has 3 rings (SSSR count). The lowest BCUT2D eigenvalue weighted by atomic mass is 9.99. The zero-order valence-electron chi connectivity index (χ0n) is 16.2. The number of carbonyl (C=O) groups is 1. The summed E-state index contributed by atoms with van der Waals surface area (Å²) in [6.07, 6.45) is 3.35. The summed E-state index contributed by atoms with van der Waals surface area (Å²) in [6.45, 7) is 4.25. The molecule has 0 aliphatic rings. The molecule has 28 heavy (non-hydrogen) atoms. The van der Waals surface area contributed by atoms with Crippen molar-refractivity contribution in [2.45, 2.75) is 26.4 Å². The third-order valence-electron chi connectivity index (χ3n) is 4.72. The van der Waals surface area contributed by atoms with Crippen molar-refractivity contribution in [3.63, 3.8) is 0 Å². The Morgan fingerprint density at radius 3 is 2.32 bits per heavy atom. The fraction of sp³-hybridized carbons (Fsp3) is 0.227. The van der Waals surface area contributed by atoms with Crippen LogP contribution in [0.25, 0.3) is 0 Å². The highest BCUT2D eigenvalue weighted by atomic mass is 16.5. The Balaban J connectivity index is 1.98. The van der Waals surface area contributed by atoms with E-state index in [1.807, 2.05) is 50.2 Å². The third kappa shape index (κ3) is 3.96. The van der Waals surface area contributed by atoms with Gasteiger partial charge in [0.25, 0.3) is 11.5 Å². The highest BCUT2D eigenvalue weighted by molar-refractivity contribution is 5.94. The quantitative estimate of drug-likeness (QED) is 0.716. The fourth-order valence-electron chi connectivity index (χ4n) is 3.16. The lowest BCUT2D eigenvalue weighted by Crippen LogP contribution is -2.36. The van der Waals surface area contributed by atoms with Crippen LogP contribution in [0.4, 0.5) is 0 Å². The van der Waals surface area contributed by atoms with Crippen LogP contribution in [0.5, 0.6) is 5.75 Å². The molecule has 1 aromatic carbocycles. The standard InChI is InChI=1S/C22H23N3O3/c1-4-25-15(2)5-10-19(22(25)27)21(26)24-20(17-11-13-23-14-12-17)16-6-8-18(28-3)9-7-16/h5-14,20H,4H2,1-3H3,(H,24,26). The molecular weight excluding hydrogens is 354 g/mol. The van der Waals surface area contributed by atoms with E-state index in [-0.39, 0.29) is 11.1 Å². The summed E-state index contributed by atoms with van der Waals surface area (Å²) in [7, 11) is 1.60. The molecule has 0 aliphatic heterocycles. The Kier molecular flexibility index (Phi) is 5.89. The second kappa shape index (κ2) is 8.52. The van der Waals surface area contributed by atoms with Crippen LogP contribution in [-0.4, -0.2) is 22.6 Å². The Morgan fingerprint density at radius 2 is 1.71 bits per heavy atom. The van der Waals surface area contributed by atoms with E-state index in [1.54, 1.807) is 36.2 Å². The van der Waals surface area contributed by atoms with Crippen molar-refractivity contribution >= 4 is 5.91 Å². The first-order chi connectivity index (χ1) is 13.5. The van der Waals surface area contributed by atoms with Crippen LogP contribution in [0.1, 0.15) is 40.1 Å². The number of nitrogens with one attached hydrogen (secondary N) is 1. The summed E-state index contributed by atoms with van der Waals surface area (Å²) in [5, 5.41) is 2.99. The molecule has 0 saturated carbocycles. The second-order valence-corrected chi connectivity index (χ2v) is 6.40. The van der Waals surface area contributed by atoms with Crippen LogP contribution in [0, 0.1) is 6.92 Å². The maximum atomic E-state index is 13.0. The van der Waals surface area contributed by atoms with Crippen LogP contribution >= 0.6 is 0 Å². The van der Waals surface area contributed by atoms with E-state index in [0.29, 0.717) is 6.54 Å². The summed E-state index contributed by atoms with van der Waals surface area (Å²) in [5.74, 6) is 0.317. The van der Waals surface area contributed by atoms with Gasteiger partial charge in [0.1, 0.15) is 11.3 Å². The van der Waals surface area contributed by atoms with Gasteiger partial charge in [0, 0.05) is 24.6 Å². The number of carbonyl (C=O) groups excluding carboxylic acids is 1. The second-order valence-electron chi connectivity index (χ2n) is 6.40. The van der Waals surface area contributed by atoms with Crippen LogP contribution in [0.2, 0.25) is 0 Å². The summed E-state index contributed by atoms with van der Waals surface area (Å²) in [5.41, 5.74) is 2.41. The Morgan fingerprint density at radius 1 is 1.07 bits per heavy atom. The van der Waals surface area contributed by atoms with Crippen molar-refractivity contribution in [2.24, 2.45) is 0 Å². The normalized spacial score (nSPS) is 11.7. The van der Waals surface area contributed by atoms with Crippen molar-refractivity contribution in [2.75, 3.05) is 7.11 Å². The van der Waals surface area contributed by atoms with Gasteiger partial charge in [-0.2, -0.15) is 0 Å². The average molecular weight is 377 g/mol. The number of benzene rings is 1. The molecule has 0 spiro atoms. The first-order valence-corrected chi connectivity index (χ1v) is 9.10. The maximum Gasteiger partial charge on any atom is 0.263 e. The average Bonchev–Trinajstić information content (AvgIpc) is 2.73. The molecule has 144 valence electrons. The van der Waals surface area contributed by atoms with Crippen LogP contribution in [-0.2, 0) is 6.54 Å². The Hall–Kier alpha value is -3.41. The molecule has 0 radical (unpaired) electrons. The predicted octanol–water partition coefficient (Wildman–Crippen LogP) is 3.10. The van der Waals surface area contributed by atoms with Crippen molar-refractivity contribution < 1.29 is 9.53 Å². The summed E-state index contributed by atoms with van der Waals surface area (Å²) >= 11 is 0. The van der Waals surface area contributed by atoms with E-state index in [0.717, 1.165) is 22.6 Å². The van der Waals surface area contributed by atoms with Gasteiger partial charge >= 0.3 is 0 Å². The maximum absolute atomic E-state index is 13.0. The van der Waals surface area contributed by atoms with E-state index in [9.17, 15) is 9.59 Å². The molecule has 2 aromatic heterocycles. The van der Waals surface area contributed by atoms with Crippen molar-refractivity contribution in [1.82, 2.24) is 14.9 Å². The first-order valence-electron chi connectivity index (χ1n) is 9.10. The molecule has 0 fully saturated rings. The summed E-state index contributed by atoms with van der Waals surface area (Å²) in [4.78, 5) is 29.7. The van der Waals surface area contributed by atoms with Gasteiger partial charge in [-0.25, -0.2) is 0 Å². The predicted molar refractivity (Wildman–Crippen MR) is 108 cm³/mol. The molecule has 1 amide bonds. The lowest BCUT2D eigenvalue weighted by molar-refractivity contribution is 0.0941. The van der Waals surface area contributed by atoms with Gasteiger partial charge in [0.2, 0.25) is 0 Å². The molecule has 6 heteroatoms. The van der Waals surface area contributed by atoms with Gasteiger partial charge in [0.15, 0.2) is 0 Å². The number of amides is 1. The summed E-state index contributed by atoms with van der Waals surface area (Å²) in [6, 6.07) is 14.1. The molecule has 1 unspecified atom stereocenters. The van der Waals surface area contributed by atoms with Gasteiger partial charge in [-0.3, -0.25) is 14.6 Å². The molecule has 0 saturated heterocycles. The van der Waals surface area contributed by atoms with Crippen LogP contribution < -0.4 is 15.6 Å². The number of hydrogen-bond donors (Lipinski definition) is 1. The minimum atomic E-state index is -0.419. The largest absolute Gasteiger partial charge is 0.497 e. The molecule has 0 aliphatic carbocycles. The highest BCUT2D eigenvalue weighted by Crippen LogP contribution is 2.24. The van der Waals surface area contributed by atoms with Crippen molar-refractivity contribution in [1.29, 1.82) is 0 Å². The molecule has 1 N–H and O–H groups in total. The SMILES string of the molecule is CCn1c(C)ccc(C(=O)NC(c2ccncc2)c2ccc(OC)cc2)c1=O. The van der Waals surface area contributed by atoms with Gasteiger partial charge < -0.3 is 14.6 Å².